The van der Waals surface area contributed by atoms with Crippen LogP contribution in [-0.4, -0.2) is 36.0 Å². The highest BCUT2D eigenvalue weighted by Gasteiger charge is 2.48. The van der Waals surface area contributed by atoms with E-state index in [1.807, 2.05) is 36.4 Å². The van der Waals surface area contributed by atoms with E-state index in [0.717, 1.165) is 10.8 Å². The molecule has 1 saturated heterocycles. The summed E-state index contributed by atoms with van der Waals surface area (Å²) in [6, 6.07) is 20.8. The summed E-state index contributed by atoms with van der Waals surface area (Å²) in [5.41, 5.74) is 1.26. The second-order valence-electron chi connectivity index (χ2n) is 7.99. The van der Waals surface area contributed by atoms with Crippen LogP contribution in [0.4, 0.5) is 5.69 Å². The summed E-state index contributed by atoms with van der Waals surface area (Å²) in [6.07, 6.45) is 3.19. The number of aliphatic hydroxyl groups excluding tert-OH is 1. The van der Waals surface area contributed by atoms with Gasteiger partial charge in [0.05, 0.1) is 31.5 Å². The molecule has 1 aromatic heterocycles. The quantitative estimate of drug-likeness (QED) is 0.256. The Morgan fingerprint density at radius 1 is 0.886 bits per heavy atom. The summed E-state index contributed by atoms with van der Waals surface area (Å²) < 4.78 is 10.9. The highest BCUT2D eigenvalue weighted by molar-refractivity contribution is 6.52. The van der Waals surface area contributed by atoms with Gasteiger partial charge in [0, 0.05) is 17.8 Å². The van der Waals surface area contributed by atoms with E-state index in [9.17, 15) is 14.7 Å². The molecular formula is C28H22N2O5. The van der Waals surface area contributed by atoms with Gasteiger partial charge in [0.15, 0.2) is 0 Å². The topological polar surface area (TPSA) is 89.0 Å². The minimum atomic E-state index is -0.913. The van der Waals surface area contributed by atoms with Crippen LogP contribution in [0.1, 0.15) is 17.2 Å². The number of ketones is 1. The van der Waals surface area contributed by atoms with Crippen molar-refractivity contribution in [2.45, 2.75) is 6.04 Å². The molecule has 35 heavy (non-hydrogen) atoms. The number of methoxy groups -OCH3 is 2. The van der Waals surface area contributed by atoms with Gasteiger partial charge >= 0.3 is 0 Å². The average Bonchev–Trinajstić information content (AvgIpc) is 3.17. The molecule has 0 radical (unpaired) electrons. The van der Waals surface area contributed by atoms with Crippen molar-refractivity contribution in [3.8, 4) is 11.5 Å². The van der Waals surface area contributed by atoms with Gasteiger partial charge in [-0.05, 0) is 35.2 Å². The number of aromatic nitrogens is 1. The molecule has 1 aliphatic heterocycles. The Hall–Kier alpha value is -4.65. The van der Waals surface area contributed by atoms with Crippen LogP contribution in [0, 0.1) is 0 Å². The van der Waals surface area contributed by atoms with E-state index >= 15 is 0 Å². The van der Waals surface area contributed by atoms with Gasteiger partial charge in [-0.15, -0.1) is 0 Å². The normalized spacial score (nSPS) is 17.1. The first-order valence-corrected chi connectivity index (χ1v) is 11.0. The Morgan fingerprint density at radius 2 is 1.57 bits per heavy atom. The van der Waals surface area contributed by atoms with Gasteiger partial charge in [-0.1, -0.05) is 48.5 Å². The largest absolute Gasteiger partial charge is 0.506 e. The monoisotopic (exact) mass is 466 g/mol. The molecule has 4 aromatic rings. The summed E-state index contributed by atoms with van der Waals surface area (Å²) in [5.74, 6) is -1.32. The van der Waals surface area contributed by atoms with Crippen molar-refractivity contribution in [3.05, 3.63) is 102 Å². The van der Waals surface area contributed by atoms with Crippen molar-refractivity contribution in [2.24, 2.45) is 0 Å². The summed E-state index contributed by atoms with van der Waals surface area (Å²) in [5, 5.41) is 13.3. The van der Waals surface area contributed by atoms with Gasteiger partial charge in [0.2, 0.25) is 0 Å². The smallest absolute Gasteiger partial charge is 0.300 e. The molecule has 1 atom stereocenters. The molecule has 3 aromatic carbocycles. The van der Waals surface area contributed by atoms with Gasteiger partial charge < -0.3 is 14.6 Å². The third-order valence-electron chi connectivity index (χ3n) is 6.14. The lowest BCUT2D eigenvalue weighted by Crippen LogP contribution is -2.29. The van der Waals surface area contributed by atoms with Crippen LogP contribution >= 0.6 is 0 Å². The number of pyridine rings is 1. The molecule has 1 fully saturated rings. The molecule has 1 N–H and O–H groups in total. The van der Waals surface area contributed by atoms with Crippen LogP contribution in [0.25, 0.3) is 16.5 Å². The van der Waals surface area contributed by atoms with Crippen LogP contribution in [0.3, 0.4) is 0 Å². The number of ether oxygens (including phenoxy) is 2. The fraction of sp³-hybridized carbons (Fsp3) is 0.107. The number of amides is 1. The van der Waals surface area contributed by atoms with Crippen LogP contribution in [0.15, 0.2) is 90.8 Å². The van der Waals surface area contributed by atoms with Crippen molar-refractivity contribution in [2.75, 3.05) is 19.1 Å². The first kappa shape index (κ1) is 22.2. The van der Waals surface area contributed by atoms with Gasteiger partial charge in [0.1, 0.15) is 22.8 Å². The van der Waals surface area contributed by atoms with Crippen LogP contribution in [-0.2, 0) is 9.59 Å². The number of rotatable bonds is 5. The predicted molar refractivity (Wildman–Crippen MR) is 133 cm³/mol. The Balaban J connectivity index is 1.82. The van der Waals surface area contributed by atoms with Crippen LogP contribution < -0.4 is 14.4 Å². The lowest BCUT2D eigenvalue weighted by molar-refractivity contribution is -0.132. The predicted octanol–water partition coefficient (Wildman–Crippen LogP) is 4.88. The molecule has 1 aliphatic rings. The van der Waals surface area contributed by atoms with Crippen molar-refractivity contribution < 1.29 is 24.2 Å². The van der Waals surface area contributed by atoms with Crippen LogP contribution in [0.5, 0.6) is 11.5 Å². The van der Waals surface area contributed by atoms with Gasteiger partial charge in [-0.3, -0.25) is 19.5 Å². The lowest BCUT2D eigenvalue weighted by Gasteiger charge is -2.26. The van der Waals surface area contributed by atoms with Crippen LogP contribution in [0.2, 0.25) is 0 Å². The van der Waals surface area contributed by atoms with Gasteiger partial charge in [0.25, 0.3) is 11.7 Å². The number of anilines is 1. The lowest BCUT2D eigenvalue weighted by atomic mass is 9.95. The molecule has 174 valence electrons. The zero-order chi connectivity index (χ0) is 24.5. The second-order valence-corrected chi connectivity index (χ2v) is 7.99. The molecule has 2 heterocycles. The van der Waals surface area contributed by atoms with Crippen molar-refractivity contribution in [1.29, 1.82) is 0 Å². The third-order valence-corrected chi connectivity index (χ3v) is 6.14. The number of hydrogen-bond donors (Lipinski definition) is 1. The number of hydrogen-bond acceptors (Lipinski definition) is 6. The molecule has 5 rings (SSSR count). The molecule has 7 heteroatoms. The molecule has 1 unspecified atom stereocenters. The van der Waals surface area contributed by atoms with Gasteiger partial charge in [-0.2, -0.15) is 0 Å². The maximum absolute atomic E-state index is 13.5. The van der Waals surface area contributed by atoms with Crippen molar-refractivity contribution in [3.63, 3.8) is 0 Å². The number of carbonyl (C=O) groups excluding carboxylic acids is 2. The first-order valence-electron chi connectivity index (χ1n) is 11.0. The molecule has 0 aliphatic carbocycles. The molecule has 0 bridgehead atoms. The van der Waals surface area contributed by atoms with E-state index in [2.05, 4.69) is 4.98 Å². The zero-order valence-corrected chi connectivity index (χ0v) is 19.1. The molecule has 7 nitrogen and oxygen atoms in total. The number of fused-ring (bicyclic) bond motifs is 1. The van der Waals surface area contributed by atoms with E-state index in [0.29, 0.717) is 22.7 Å². The molecular weight excluding hydrogens is 444 g/mol. The summed E-state index contributed by atoms with van der Waals surface area (Å²) >= 11 is 0. The average molecular weight is 466 g/mol. The number of aliphatic hydroxyl groups is 1. The minimum Gasteiger partial charge on any atom is -0.506 e. The molecule has 0 spiro atoms. The summed E-state index contributed by atoms with van der Waals surface area (Å²) in [7, 11) is 2.91. The Morgan fingerprint density at radius 3 is 2.26 bits per heavy atom. The fourth-order valence-electron chi connectivity index (χ4n) is 4.57. The number of Topliss-reactive ketones (excluding diaryl/α,β-unsaturated/α-hetero) is 1. The van der Waals surface area contributed by atoms with E-state index in [-0.39, 0.29) is 16.9 Å². The SMILES string of the molecule is COc1cccc(OC)c1/C(O)=C1\C(=O)C(=O)N(c2cccc3ccccc23)C1c1cccnc1. The standard InChI is InChI=1S/C28H22N2O5/c1-34-21-13-6-14-22(35-2)23(21)26(31)24-25(18-10-7-15-29-16-18)30(28(33)27(24)32)20-12-5-9-17-8-3-4-11-19(17)20/h3-16,25,31H,1-2H3/b26-24+. The Labute approximate surface area is 201 Å². The zero-order valence-electron chi connectivity index (χ0n) is 19.1. The molecule has 0 saturated carbocycles. The molecule has 1 amide bonds. The van der Waals surface area contributed by atoms with Crippen molar-refractivity contribution >= 4 is 33.9 Å². The summed E-state index contributed by atoms with van der Waals surface area (Å²) in [6.45, 7) is 0. The van der Waals surface area contributed by atoms with Crippen molar-refractivity contribution in [1.82, 2.24) is 4.98 Å². The second kappa shape index (κ2) is 8.95. The van der Waals surface area contributed by atoms with Gasteiger partial charge in [-0.25, -0.2) is 0 Å². The number of nitrogens with zero attached hydrogens (tertiary/aromatic N) is 2. The Kier molecular flexibility index (Phi) is 5.66. The van der Waals surface area contributed by atoms with E-state index in [1.165, 1.54) is 19.1 Å². The maximum atomic E-state index is 13.5. The number of carbonyl (C=O) groups is 2. The number of benzene rings is 3. The Bertz CT molecular complexity index is 1450. The van der Waals surface area contributed by atoms with E-state index in [1.54, 1.807) is 48.8 Å². The highest BCUT2D eigenvalue weighted by Crippen LogP contribution is 2.46. The third kappa shape index (κ3) is 3.58. The highest BCUT2D eigenvalue weighted by atomic mass is 16.5. The maximum Gasteiger partial charge on any atom is 0.300 e. The first-order chi connectivity index (χ1) is 17.1. The van der Waals surface area contributed by atoms with E-state index < -0.39 is 17.7 Å². The fourth-order valence-corrected chi connectivity index (χ4v) is 4.57. The minimum absolute atomic E-state index is 0.0706. The van der Waals surface area contributed by atoms with E-state index in [4.69, 9.17) is 9.47 Å². The summed E-state index contributed by atoms with van der Waals surface area (Å²) in [4.78, 5) is 32.7.